The summed E-state index contributed by atoms with van der Waals surface area (Å²) in [6.07, 6.45) is 2.42. The third kappa shape index (κ3) is 8.59. The van der Waals surface area contributed by atoms with Crippen LogP contribution in [0.2, 0.25) is 0 Å². The van der Waals surface area contributed by atoms with Gasteiger partial charge in [-0.05, 0) is 24.8 Å². The molecular weight excluding hydrogens is 362 g/mol. The molecule has 1 N–H and O–H groups in total. The molecule has 0 aliphatic carbocycles. The van der Waals surface area contributed by atoms with Crippen molar-refractivity contribution in [3.05, 3.63) is 35.9 Å². The van der Waals surface area contributed by atoms with Crippen LogP contribution in [0, 0.1) is 0 Å². The first kappa shape index (κ1) is 19.5. The Kier molecular flexibility index (Phi) is 10.1. The Labute approximate surface area is 145 Å². The largest absolute Gasteiger partial charge is 0.464 e. The molecule has 0 fully saturated rings. The second-order valence-electron chi connectivity index (χ2n) is 5.11. The molecule has 0 radical (unpaired) electrons. The zero-order valence-corrected chi connectivity index (χ0v) is 15.0. The predicted molar refractivity (Wildman–Crippen MR) is 92.4 cm³/mol. The summed E-state index contributed by atoms with van der Waals surface area (Å²) >= 11 is 3.32. The molecule has 1 rings (SSSR count). The van der Waals surface area contributed by atoms with Crippen LogP contribution < -0.4 is 5.32 Å². The monoisotopic (exact) mass is 385 g/mol. The molecule has 128 valence electrons. The highest BCUT2D eigenvalue weighted by Gasteiger charge is 2.22. The summed E-state index contributed by atoms with van der Waals surface area (Å²) < 4.78 is 10.3. The first-order valence-electron chi connectivity index (χ1n) is 7.87. The van der Waals surface area contributed by atoms with E-state index < -0.39 is 18.1 Å². The van der Waals surface area contributed by atoms with Gasteiger partial charge < -0.3 is 14.8 Å². The Balaban J connectivity index is 2.44. The van der Waals surface area contributed by atoms with E-state index in [1.807, 2.05) is 37.3 Å². The van der Waals surface area contributed by atoms with Gasteiger partial charge in [0.05, 0.1) is 6.61 Å². The van der Waals surface area contributed by atoms with E-state index in [0.717, 1.165) is 30.2 Å². The molecule has 0 saturated carbocycles. The van der Waals surface area contributed by atoms with E-state index >= 15 is 0 Å². The number of hydrogen-bond acceptors (Lipinski definition) is 4. The molecule has 0 unspecified atom stereocenters. The summed E-state index contributed by atoms with van der Waals surface area (Å²) in [6.45, 7) is 2.57. The fourth-order valence-corrected chi connectivity index (χ4v) is 2.18. The molecule has 23 heavy (non-hydrogen) atoms. The van der Waals surface area contributed by atoms with E-state index in [-0.39, 0.29) is 6.61 Å². The van der Waals surface area contributed by atoms with Gasteiger partial charge in [-0.1, -0.05) is 59.6 Å². The number of ether oxygens (including phenoxy) is 2. The number of amides is 1. The number of rotatable bonds is 10. The normalized spacial score (nSPS) is 11.6. The molecule has 0 aliphatic heterocycles. The van der Waals surface area contributed by atoms with Crippen molar-refractivity contribution in [3.63, 3.8) is 0 Å². The first-order valence-corrected chi connectivity index (χ1v) is 8.99. The van der Waals surface area contributed by atoms with Gasteiger partial charge in [0, 0.05) is 5.33 Å². The Bertz CT molecular complexity index is 467. The minimum absolute atomic E-state index is 0.169. The van der Waals surface area contributed by atoms with Crippen molar-refractivity contribution in [2.24, 2.45) is 0 Å². The lowest BCUT2D eigenvalue weighted by molar-refractivity contribution is -0.146. The Hall–Kier alpha value is -1.56. The van der Waals surface area contributed by atoms with E-state index in [1.165, 1.54) is 0 Å². The number of carbonyl (C=O) groups is 2. The predicted octanol–water partition coefficient (Wildman–Crippen LogP) is 3.80. The molecule has 1 aromatic carbocycles. The maximum absolute atomic E-state index is 12.0. The molecule has 1 aromatic rings. The minimum atomic E-state index is -0.673. The van der Waals surface area contributed by atoms with Crippen LogP contribution in [0.5, 0.6) is 0 Å². The van der Waals surface area contributed by atoms with Gasteiger partial charge >= 0.3 is 12.1 Å². The summed E-state index contributed by atoms with van der Waals surface area (Å²) in [5.74, 6) is -0.406. The number of nitrogens with one attached hydrogen (secondary N) is 1. The van der Waals surface area contributed by atoms with Crippen LogP contribution in [0.1, 0.15) is 38.2 Å². The number of alkyl halides is 1. The second-order valence-corrected chi connectivity index (χ2v) is 5.90. The van der Waals surface area contributed by atoms with E-state index in [4.69, 9.17) is 9.47 Å². The van der Waals surface area contributed by atoms with E-state index in [2.05, 4.69) is 21.2 Å². The first-order chi connectivity index (χ1) is 11.2. The van der Waals surface area contributed by atoms with Gasteiger partial charge in [0.25, 0.3) is 0 Å². The lowest BCUT2D eigenvalue weighted by Gasteiger charge is -2.17. The Morgan fingerprint density at radius 2 is 1.91 bits per heavy atom. The van der Waals surface area contributed by atoms with Gasteiger partial charge in [0.15, 0.2) is 0 Å². The lowest BCUT2D eigenvalue weighted by Crippen LogP contribution is -2.42. The maximum atomic E-state index is 12.0. The fraction of sp³-hybridized carbons (Fsp3) is 0.529. The fourth-order valence-electron chi connectivity index (χ4n) is 1.85. The minimum Gasteiger partial charge on any atom is -0.464 e. The number of alkyl carbamates (subject to hydrolysis) is 1. The van der Waals surface area contributed by atoms with Crippen molar-refractivity contribution < 1.29 is 19.1 Å². The lowest BCUT2D eigenvalue weighted by atomic mass is 10.2. The molecule has 5 nitrogen and oxygen atoms in total. The van der Waals surface area contributed by atoms with Crippen LogP contribution in [0.3, 0.4) is 0 Å². The summed E-state index contributed by atoms with van der Waals surface area (Å²) in [5.41, 5.74) is 0.894. The van der Waals surface area contributed by atoms with Crippen LogP contribution in [0.4, 0.5) is 4.79 Å². The number of unbranched alkanes of at least 4 members (excludes halogenated alkanes) is 1. The van der Waals surface area contributed by atoms with E-state index in [1.54, 1.807) is 0 Å². The Morgan fingerprint density at radius 1 is 1.17 bits per heavy atom. The molecule has 1 amide bonds. The molecule has 0 aliphatic rings. The number of benzene rings is 1. The average Bonchev–Trinajstić information content (AvgIpc) is 2.57. The maximum Gasteiger partial charge on any atom is 0.408 e. The number of carbonyl (C=O) groups excluding carboxylic acids is 2. The van der Waals surface area contributed by atoms with Gasteiger partial charge in [-0.2, -0.15) is 0 Å². The summed E-state index contributed by atoms with van der Waals surface area (Å²) in [5, 5.41) is 3.35. The van der Waals surface area contributed by atoms with Crippen molar-refractivity contribution in [2.75, 3.05) is 11.9 Å². The van der Waals surface area contributed by atoms with Crippen LogP contribution >= 0.6 is 15.9 Å². The molecule has 0 heterocycles. The average molecular weight is 386 g/mol. The van der Waals surface area contributed by atoms with Gasteiger partial charge in [-0.3, -0.25) is 0 Å². The van der Waals surface area contributed by atoms with Crippen LogP contribution in [0.25, 0.3) is 0 Å². The molecular formula is C17H24BrNO4. The number of halogens is 1. The van der Waals surface area contributed by atoms with Gasteiger partial charge in [0.2, 0.25) is 0 Å². The van der Waals surface area contributed by atoms with Crippen molar-refractivity contribution in [2.45, 2.75) is 45.3 Å². The van der Waals surface area contributed by atoms with Gasteiger partial charge in [0.1, 0.15) is 12.6 Å². The smallest absolute Gasteiger partial charge is 0.408 e. The van der Waals surface area contributed by atoms with Crippen LogP contribution in [0.15, 0.2) is 30.3 Å². The van der Waals surface area contributed by atoms with Crippen molar-refractivity contribution in [1.29, 1.82) is 0 Å². The Morgan fingerprint density at radius 3 is 2.57 bits per heavy atom. The second kappa shape index (κ2) is 11.9. The zero-order valence-electron chi connectivity index (χ0n) is 13.4. The van der Waals surface area contributed by atoms with Crippen molar-refractivity contribution in [1.82, 2.24) is 5.32 Å². The molecule has 1 atom stereocenters. The van der Waals surface area contributed by atoms with Crippen molar-refractivity contribution in [3.8, 4) is 0 Å². The standard InChI is InChI=1S/C17H24BrNO4/c1-2-3-12-22-16(20)15(10-7-11-18)19-17(21)23-13-14-8-5-4-6-9-14/h4-6,8-9,15H,2-3,7,10-13H2,1H3,(H,19,21)/t15-/m0/s1. The zero-order chi connectivity index (χ0) is 16.9. The van der Waals surface area contributed by atoms with Crippen molar-refractivity contribution >= 4 is 28.0 Å². The highest BCUT2D eigenvalue weighted by Crippen LogP contribution is 2.05. The van der Waals surface area contributed by atoms with Crippen LogP contribution in [-0.4, -0.2) is 30.0 Å². The quantitative estimate of drug-likeness (QED) is 0.377. The molecule has 0 spiro atoms. The topological polar surface area (TPSA) is 64.6 Å². The number of hydrogen-bond donors (Lipinski definition) is 1. The number of esters is 1. The van der Waals surface area contributed by atoms with E-state index in [0.29, 0.717) is 13.0 Å². The third-order valence-electron chi connectivity index (χ3n) is 3.16. The summed E-state index contributed by atoms with van der Waals surface area (Å²) in [6, 6.07) is 8.71. The van der Waals surface area contributed by atoms with Crippen LogP contribution in [-0.2, 0) is 20.9 Å². The van der Waals surface area contributed by atoms with Gasteiger partial charge in [-0.25, -0.2) is 9.59 Å². The summed E-state index contributed by atoms with van der Waals surface area (Å²) in [4.78, 5) is 23.9. The highest BCUT2D eigenvalue weighted by molar-refractivity contribution is 9.09. The summed E-state index contributed by atoms with van der Waals surface area (Å²) in [7, 11) is 0. The molecule has 0 bridgehead atoms. The highest BCUT2D eigenvalue weighted by atomic mass is 79.9. The van der Waals surface area contributed by atoms with E-state index in [9.17, 15) is 9.59 Å². The molecule has 0 aromatic heterocycles. The van der Waals surface area contributed by atoms with Gasteiger partial charge in [-0.15, -0.1) is 0 Å². The SMILES string of the molecule is CCCCOC(=O)[C@H](CCCBr)NC(=O)OCc1ccccc1. The molecule has 6 heteroatoms. The molecule has 0 saturated heterocycles. The third-order valence-corrected chi connectivity index (χ3v) is 3.72.